The lowest BCUT2D eigenvalue weighted by atomic mass is 9.85. The lowest BCUT2D eigenvalue weighted by molar-refractivity contribution is -0.274. The molecule has 0 aliphatic rings. The first-order valence-electron chi connectivity index (χ1n) is 14.4. The van der Waals surface area contributed by atoms with Gasteiger partial charge in [0.25, 0.3) is 11.5 Å². The number of para-hydroxylation sites is 2. The number of carbonyl (C=O) groups excluding carboxylic acids is 1. The Labute approximate surface area is 263 Å². The molecule has 2 heterocycles. The van der Waals surface area contributed by atoms with E-state index in [4.69, 9.17) is 0 Å². The van der Waals surface area contributed by atoms with E-state index < -0.39 is 46.7 Å². The lowest BCUT2D eigenvalue weighted by Gasteiger charge is -2.22. The van der Waals surface area contributed by atoms with Gasteiger partial charge in [0, 0.05) is 35.6 Å². The normalized spacial score (nSPS) is 12.4. The van der Waals surface area contributed by atoms with Crippen LogP contribution >= 0.6 is 0 Å². The minimum Gasteiger partial charge on any atom is -0.507 e. The van der Waals surface area contributed by atoms with Gasteiger partial charge in [0.1, 0.15) is 11.5 Å². The predicted octanol–water partition coefficient (Wildman–Crippen LogP) is 7.05. The fraction of sp³-hybridized carbons (Fsp3) is 0.143. The second-order valence-corrected chi connectivity index (χ2v) is 10.9. The molecule has 1 unspecified atom stereocenters. The third kappa shape index (κ3) is 6.01. The molecule has 12 heteroatoms. The lowest BCUT2D eigenvalue weighted by Crippen LogP contribution is -2.28. The maximum absolute atomic E-state index is 14.3. The molecule has 0 saturated carbocycles. The molecule has 1 atom stereocenters. The van der Waals surface area contributed by atoms with Crippen LogP contribution in [0.15, 0.2) is 95.8 Å². The Balaban J connectivity index is 1.50. The van der Waals surface area contributed by atoms with Crippen LogP contribution in [0.25, 0.3) is 21.8 Å². The van der Waals surface area contributed by atoms with Crippen molar-refractivity contribution in [2.24, 2.45) is 7.05 Å². The molecular weight excluding hydrogens is 621 g/mol. The Hall–Kier alpha value is -5.65. The van der Waals surface area contributed by atoms with Crippen molar-refractivity contribution in [3.05, 3.63) is 141 Å². The number of nitrogens with zero attached hydrogens (tertiary/aromatic N) is 1. The van der Waals surface area contributed by atoms with E-state index in [2.05, 4.69) is 15.0 Å². The summed E-state index contributed by atoms with van der Waals surface area (Å²) in [7, 11) is 1.55. The molecule has 4 aromatic carbocycles. The minimum absolute atomic E-state index is 0.0313. The van der Waals surface area contributed by atoms with Crippen LogP contribution in [0.4, 0.5) is 22.0 Å². The number of fused-ring (bicyclic) bond motifs is 2. The van der Waals surface area contributed by atoms with Gasteiger partial charge in [-0.25, -0.2) is 8.78 Å². The predicted molar refractivity (Wildman–Crippen MR) is 166 cm³/mol. The first kappa shape index (κ1) is 31.3. The summed E-state index contributed by atoms with van der Waals surface area (Å²) in [5.74, 6) is -5.08. The molecule has 0 radical (unpaired) electrons. The summed E-state index contributed by atoms with van der Waals surface area (Å²) in [5.41, 5.74) is 1.50. The molecule has 0 spiro atoms. The van der Waals surface area contributed by atoms with Crippen molar-refractivity contribution in [2.75, 3.05) is 6.54 Å². The molecule has 0 fully saturated rings. The number of ether oxygens (including phenoxy) is 1. The topological polar surface area (TPSA) is 96.4 Å². The van der Waals surface area contributed by atoms with Crippen LogP contribution in [-0.4, -0.2) is 33.5 Å². The van der Waals surface area contributed by atoms with Gasteiger partial charge in [-0.05, 0) is 60.0 Å². The van der Waals surface area contributed by atoms with Crippen molar-refractivity contribution >= 4 is 27.7 Å². The fourth-order valence-electron chi connectivity index (χ4n) is 5.91. The van der Waals surface area contributed by atoms with Crippen LogP contribution in [0, 0.1) is 11.6 Å². The van der Waals surface area contributed by atoms with Crippen LogP contribution in [0.2, 0.25) is 0 Å². The zero-order chi connectivity index (χ0) is 33.5. The third-order valence-electron chi connectivity index (χ3n) is 8.04. The van der Waals surface area contributed by atoms with Gasteiger partial charge < -0.3 is 24.7 Å². The number of amides is 1. The summed E-state index contributed by atoms with van der Waals surface area (Å²) in [6.07, 6.45) is -4.78. The molecule has 240 valence electrons. The largest absolute Gasteiger partial charge is 0.573 e. The molecule has 6 rings (SSSR count). The second-order valence-electron chi connectivity index (χ2n) is 10.9. The van der Waals surface area contributed by atoms with Crippen LogP contribution in [0.1, 0.15) is 38.7 Å². The van der Waals surface area contributed by atoms with Crippen molar-refractivity contribution in [2.45, 2.75) is 18.7 Å². The number of H-pyrrole nitrogens is 1. The van der Waals surface area contributed by atoms with Crippen LogP contribution in [0.3, 0.4) is 0 Å². The van der Waals surface area contributed by atoms with Crippen molar-refractivity contribution in [1.29, 1.82) is 0 Å². The first-order valence-corrected chi connectivity index (χ1v) is 14.4. The highest BCUT2D eigenvalue weighted by Crippen LogP contribution is 2.41. The number of aromatic amines is 1. The molecule has 0 aliphatic carbocycles. The van der Waals surface area contributed by atoms with Crippen molar-refractivity contribution in [3.8, 4) is 11.5 Å². The number of hydrogen-bond acceptors (Lipinski definition) is 4. The molecule has 47 heavy (non-hydrogen) atoms. The number of rotatable bonds is 8. The number of halogens is 5. The van der Waals surface area contributed by atoms with Gasteiger partial charge in [0.05, 0.1) is 22.6 Å². The van der Waals surface area contributed by atoms with Gasteiger partial charge in [-0.15, -0.1) is 13.2 Å². The molecule has 2 aromatic heterocycles. The second kappa shape index (κ2) is 12.3. The van der Waals surface area contributed by atoms with Gasteiger partial charge in [-0.3, -0.25) is 9.59 Å². The van der Waals surface area contributed by atoms with Crippen LogP contribution in [0.5, 0.6) is 11.5 Å². The minimum atomic E-state index is -4.92. The Morgan fingerprint density at radius 3 is 2.34 bits per heavy atom. The molecule has 0 bridgehead atoms. The standard InChI is InChI=1S/C35H26F5N3O4/c1-43-27-12-5-3-8-23(27)32(44)29(34(43)46)28(19-13-15-20(16-14-19)47-35(38,39)40)31-22(21-7-2-4-11-26(21)42-31)17-18-41-33(45)24-9-6-10-25(36)30(24)37/h2-16,28,42,44H,17-18H2,1H3,(H,41,45). The highest BCUT2D eigenvalue weighted by molar-refractivity contribution is 5.94. The zero-order valence-electron chi connectivity index (χ0n) is 24.7. The van der Waals surface area contributed by atoms with E-state index in [-0.39, 0.29) is 24.3 Å². The smallest absolute Gasteiger partial charge is 0.507 e. The van der Waals surface area contributed by atoms with E-state index in [1.807, 2.05) is 6.07 Å². The van der Waals surface area contributed by atoms with Crippen LogP contribution in [-0.2, 0) is 13.5 Å². The fourth-order valence-corrected chi connectivity index (χ4v) is 5.91. The monoisotopic (exact) mass is 647 g/mol. The number of hydrogen-bond donors (Lipinski definition) is 3. The molecule has 3 N–H and O–H groups in total. The third-order valence-corrected chi connectivity index (χ3v) is 8.04. The number of aromatic nitrogens is 2. The summed E-state index contributed by atoms with van der Waals surface area (Å²) < 4.78 is 72.3. The molecule has 1 amide bonds. The van der Waals surface area contributed by atoms with Crippen LogP contribution < -0.4 is 15.6 Å². The number of alkyl halides is 3. The van der Waals surface area contributed by atoms with Gasteiger partial charge in [0.2, 0.25) is 0 Å². The molecule has 0 saturated heterocycles. The van der Waals surface area contributed by atoms with Gasteiger partial charge in [-0.2, -0.15) is 0 Å². The van der Waals surface area contributed by atoms with Crippen molar-refractivity contribution < 1.29 is 36.6 Å². The number of aromatic hydroxyl groups is 1. The number of carbonyl (C=O) groups is 1. The summed E-state index contributed by atoms with van der Waals surface area (Å²) >= 11 is 0. The highest BCUT2D eigenvalue weighted by atomic mass is 19.4. The number of pyridine rings is 1. The SMILES string of the molecule is Cn1c(=O)c(C(c2ccc(OC(F)(F)F)cc2)c2[nH]c3ccccc3c2CCNC(=O)c2cccc(F)c2F)c(O)c2ccccc21. The highest BCUT2D eigenvalue weighted by Gasteiger charge is 2.33. The maximum Gasteiger partial charge on any atom is 0.573 e. The number of benzene rings is 4. The van der Waals surface area contributed by atoms with E-state index >= 15 is 0 Å². The van der Waals surface area contributed by atoms with E-state index in [0.717, 1.165) is 24.3 Å². The zero-order valence-corrected chi connectivity index (χ0v) is 24.7. The Bertz CT molecular complexity index is 2190. The first-order chi connectivity index (χ1) is 22.4. The van der Waals surface area contributed by atoms with E-state index in [0.29, 0.717) is 38.6 Å². The van der Waals surface area contributed by atoms with E-state index in [1.165, 1.54) is 22.8 Å². The average Bonchev–Trinajstić information content (AvgIpc) is 3.41. The van der Waals surface area contributed by atoms with Gasteiger partial charge in [-0.1, -0.05) is 48.5 Å². The Morgan fingerprint density at radius 1 is 0.936 bits per heavy atom. The number of aryl methyl sites for hydroxylation is 1. The summed E-state index contributed by atoms with van der Waals surface area (Å²) in [6, 6.07) is 22.2. The molecular formula is C35H26F5N3O4. The maximum atomic E-state index is 14.3. The molecule has 6 aromatic rings. The Morgan fingerprint density at radius 2 is 1.62 bits per heavy atom. The van der Waals surface area contributed by atoms with Crippen molar-refractivity contribution in [3.63, 3.8) is 0 Å². The van der Waals surface area contributed by atoms with Crippen molar-refractivity contribution in [1.82, 2.24) is 14.9 Å². The van der Waals surface area contributed by atoms with E-state index in [9.17, 15) is 36.6 Å². The quantitative estimate of drug-likeness (QED) is 0.154. The molecule has 7 nitrogen and oxygen atoms in total. The Kier molecular flexibility index (Phi) is 8.18. The summed E-state index contributed by atoms with van der Waals surface area (Å²) in [5, 5.41) is 15.3. The van der Waals surface area contributed by atoms with E-state index in [1.54, 1.807) is 49.5 Å². The number of nitrogens with one attached hydrogen (secondary N) is 2. The average molecular weight is 648 g/mol. The summed E-state index contributed by atoms with van der Waals surface area (Å²) in [4.78, 5) is 30.1. The molecule has 0 aliphatic heterocycles. The van der Waals surface area contributed by atoms with Gasteiger partial charge >= 0.3 is 6.36 Å². The van der Waals surface area contributed by atoms with Gasteiger partial charge in [0.15, 0.2) is 11.6 Å². The summed E-state index contributed by atoms with van der Waals surface area (Å²) in [6.45, 7) is -0.0313.